The first-order valence-electron chi connectivity index (χ1n) is 6.71. The van der Waals surface area contributed by atoms with E-state index in [-0.39, 0.29) is 17.3 Å². The number of nitrogens with one attached hydrogen (secondary N) is 1. The average Bonchev–Trinajstić information content (AvgIpc) is 2.84. The molecule has 5 heteroatoms. The summed E-state index contributed by atoms with van der Waals surface area (Å²) in [6, 6.07) is 3.46. The minimum Gasteiger partial charge on any atom is -0.437 e. The highest BCUT2D eigenvalue weighted by Crippen LogP contribution is 2.28. The molecule has 0 spiro atoms. The number of rotatable bonds is 2. The van der Waals surface area contributed by atoms with Gasteiger partial charge >= 0.3 is 0 Å². The number of fused-ring (bicyclic) bond motifs is 1. The van der Waals surface area contributed by atoms with Crippen LogP contribution in [0.5, 0.6) is 0 Å². The molecule has 0 atom stereocenters. The van der Waals surface area contributed by atoms with Gasteiger partial charge in [-0.25, -0.2) is 9.37 Å². The lowest BCUT2D eigenvalue weighted by atomic mass is 10.2. The fourth-order valence-corrected chi connectivity index (χ4v) is 2.35. The molecule has 1 aromatic carbocycles. The summed E-state index contributed by atoms with van der Waals surface area (Å²) in [4.78, 5) is 6.55. The van der Waals surface area contributed by atoms with Crippen molar-refractivity contribution in [3.05, 3.63) is 23.8 Å². The van der Waals surface area contributed by atoms with Crippen LogP contribution in [0.3, 0.4) is 0 Å². The van der Waals surface area contributed by atoms with E-state index in [2.05, 4.69) is 15.2 Å². The van der Waals surface area contributed by atoms with Gasteiger partial charge in [0.2, 0.25) is 0 Å². The zero-order chi connectivity index (χ0) is 13.4. The summed E-state index contributed by atoms with van der Waals surface area (Å²) < 4.78 is 19.6. The fourth-order valence-electron chi connectivity index (χ4n) is 2.35. The molecule has 19 heavy (non-hydrogen) atoms. The number of oxazole rings is 1. The van der Waals surface area contributed by atoms with Crippen molar-refractivity contribution in [3.63, 3.8) is 0 Å². The second-order valence-electron chi connectivity index (χ2n) is 5.22. The van der Waals surface area contributed by atoms with E-state index >= 15 is 0 Å². The number of halogens is 1. The van der Waals surface area contributed by atoms with Crippen LogP contribution in [-0.4, -0.2) is 31.2 Å². The van der Waals surface area contributed by atoms with Crippen LogP contribution in [0.15, 0.2) is 16.5 Å². The Bertz CT molecular complexity index is 588. The molecule has 1 aliphatic rings. The van der Waals surface area contributed by atoms with Crippen LogP contribution in [0.2, 0.25) is 0 Å². The van der Waals surface area contributed by atoms with E-state index in [0.717, 1.165) is 31.9 Å². The number of hydrogen-bond acceptors (Lipinski definition) is 4. The Morgan fingerprint density at radius 2 is 2.05 bits per heavy atom. The standard InChI is InChI=1S/C14H18FN3O/c1-9(2)14-17-12-8-10(7-11(15)13(12)19-14)18-5-3-16-4-6-18/h7-9,16H,3-6H2,1-2H3. The highest BCUT2D eigenvalue weighted by atomic mass is 19.1. The van der Waals surface area contributed by atoms with Crippen molar-refractivity contribution in [1.82, 2.24) is 10.3 Å². The zero-order valence-electron chi connectivity index (χ0n) is 11.2. The van der Waals surface area contributed by atoms with Crippen molar-refractivity contribution < 1.29 is 8.81 Å². The van der Waals surface area contributed by atoms with Gasteiger partial charge in [-0.15, -0.1) is 0 Å². The third kappa shape index (κ3) is 2.30. The minimum absolute atomic E-state index is 0.162. The number of benzene rings is 1. The van der Waals surface area contributed by atoms with Crippen molar-refractivity contribution >= 4 is 16.8 Å². The van der Waals surface area contributed by atoms with Gasteiger partial charge in [-0.1, -0.05) is 13.8 Å². The lowest BCUT2D eigenvalue weighted by Crippen LogP contribution is -2.43. The van der Waals surface area contributed by atoms with Crippen LogP contribution in [0.1, 0.15) is 25.7 Å². The van der Waals surface area contributed by atoms with Gasteiger partial charge in [0.05, 0.1) is 0 Å². The van der Waals surface area contributed by atoms with Gasteiger partial charge in [-0.05, 0) is 6.07 Å². The maximum Gasteiger partial charge on any atom is 0.198 e. The average molecular weight is 263 g/mol. The Kier molecular flexibility index (Phi) is 3.14. The van der Waals surface area contributed by atoms with Crippen molar-refractivity contribution in [2.24, 2.45) is 0 Å². The van der Waals surface area contributed by atoms with Crippen LogP contribution in [-0.2, 0) is 0 Å². The van der Waals surface area contributed by atoms with Gasteiger partial charge in [0.1, 0.15) is 5.52 Å². The van der Waals surface area contributed by atoms with E-state index < -0.39 is 0 Å². The van der Waals surface area contributed by atoms with Crippen LogP contribution in [0, 0.1) is 5.82 Å². The van der Waals surface area contributed by atoms with Crippen molar-refractivity contribution in [2.75, 3.05) is 31.1 Å². The van der Waals surface area contributed by atoms with Gasteiger partial charge in [0, 0.05) is 43.9 Å². The number of piperazine rings is 1. The molecule has 4 nitrogen and oxygen atoms in total. The molecule has 1 saturated heterocycles. The first kappa shape index (κ1) is 12.4. The second-order valence-corrected chi connectivity index (χ2v) is 5.22. The SMILES string of the molecule is CC(C)c1nc2cc(N3CCNCC3)cc(F)c2o1. The van der Waals surface area contributed by atoms with E-state index in [1.54, 1.807) is 6.07 Å². The van der Waals surface area contributed by atoms with Crippen LogP contribution in [0.4, 0.5) is 10.1 Å². The van der Waals surface area contributed by atoms with E-state index in [0.29, 0.717) is 11.4 Å². The predicted octanol–water partition coefficient (Wildman–Crippen LogP) is 2.50. The summed E-state index contributed by atoms with van der Waals surface area (Å²) in [6.07, 6.45) is 0. The van der Waals surface area contributed by atoms with E-state index in [9.17, 15) is 4.39 Å². The molecule has 0 amide bonds. The number of aromatic nitrogens is 1. The molecule has 1 aliphatic heterocycles. The van der Waals surface area contributed by atoms with Gasteiger partial charge in [-0.3, -0.25) is 0 Å². The highest BCUT2D eigenvalue weighted by molar-refractivity contribution is 5.78. The molecule has 0 saturated carbocycles. The van der Waals surface area contributed by atoms with Crippen molar-refractivity contribution in [2.45, 2.75) is 19.8 Å². The topological polar surface area (TPSA) is 41.3 Å². The van der Waals surface area contributed by atoms with Gasteiger partial charge in [0.15, 0.2) is 17.3 Å². The lowest BCUT2D eigenvalue weighted by molar-refractivity contribution is 0.483. The molecule has 0 bridgehead atoms. The number of hydrogen-bond donors (Lipinski definition) is 1. The monoisotopic (exact) mass is 263 g/mol. The van der Waals surface area contributed by atoms with Gasteiger partial charge in [0.25, 0.3) is 0 Å². The largest absolute Gasteiger partial charge is 0.437 e. The summed E-state index contributed by atoms with van der Waals surface area (Å²) in [6.45, 7) is 7.60. The smallest absolute Gasteiger partial charge is 0.198 e. The molecule has 1 N–H and O–H groups in total. The highest BCUT2D eigenvalue weighted by Gasteiger charge is 2.17. The summed E-state index contributed by atoms with van der Waals surface area (Å²) in [5.41, 5.74) is 1.76. The predicted molar refractivity (Wildman–Crippen MR) is 73.1 cm³/mol. The molecule has 102 valence electrons. The van der Waals surface area contributed by atoms with Crippen LogP contribution >= 0.6 is 0 Å². The molecule has 2 heterocycles. The molecule has 1 fully saturated rings. The molecule has 3 rings (SSSR count). The van der Waals surface area contributed by atoms with E-state index in [1.165, 1.54) is 0 Å². The summed E-state index contributed by atoms with van der Waals surface area (Å²) in [7, 11) is 0. The Hall–Kier alpha value is -1.62. The summed E-state index contributed by atoms with van der Waals surface area (Å²) >= 11 is 0. The Morgan fingerprint density at radius 3 is 2.74 bits per heavy atom. The molecule has 0 unspecified atom stereocenters. The molecule has 0 aliphatic carbocycles. The maximum atomic E-state index is 14.1. The first-order valence-corrected chi connectivity index (χ1v) is 6.71. The van der Waals surface area contributed by atoms with Crippen LogP contribution < -0.4 is 10.2 Å². The second kappa shape index (κ2) is 4.81. The quantitative estimate of drug-likeness (QED) is 0.904. The normalized spacial score (nSPS) is 16.5. The first-order chi connectivity index (χ1) is 9.15. The van der Waals surface area contributed by atoms with Crippen molar-refractivity contribution in [3.8, 4) is 0 Å². The molecular formula is C14H18FN3O. The fraction of sp³-hybridized carbons (Fsp3) is 0.500. The Morgan fingerprint density at radius 1 is 1.32 bits per heavy atom. The van der Waals surface area contributed by atoms with Gasteiger partial charge in [-0.2, -0.15) is 0 Å². The summed E-state index contributed by atoms with van der Waals surface area (Å²) in [5, 5.41) is 3.29. The molecule has 1 aromatic heterocycles. The molecular weight excluding hydrogens is 245 g/mol. The summed E-state index contributed by atoms with van der Waals surface area (Å²) in [5.74, 6) is 0.422. The zero-order valence-corrected chi connectivity index (χ0v) is 11.2. The Balaban J connectivity index is 2.02. The minimum atomic E-state index is -0.328. The lowest BCUT2D eigenvalue weighted by Gasteiger charge is -2.29. The van der Waals surface area contributed by atoms with E-state index in [1.807, 2.05) is 19.9 Å². The third-order valence-electron chi connectivity index (χ3n) is 3.42. The number of nitrogens with zero attached hydrogens (tertiary/aromatic N) is 2. The maximum absolute atomic E-state index is 14.1. The number of anilines is 1. The van der Waals surface area contributed by atoms with Crippen LogP contribution in [0.25, 0.3) is 11.1 Å². The van der Waals surface area contributed by atoms with E-state index in [4.69, 9.17) is 4.42 Å². The third-order valence-corrected chi connectivity index (χ3v) is 3.42. The molecule has 2 aromatic rings. The Labute approximate surface area is 111 Å². The van der Waals surface area contributed by atoms with Crippen molar-refractivity contribution in [1.29, 1.82) is 0 Å². The van der Waals surface area contributed by atoms with Gasteiger partial charge < -0.3 is 14.6 Å². The molecule has 0 radical (unpaired) electrons.